The highest BCUT2D eigenvalue weighted by Gasteiger charge is 2.54. The van der Waals surface area contributed by atoms with E-state index in [2.05, 4.69) is 182 Å². The number of hydrogen-bond donors (Lipinski definition) is 0. The number of hydrogen-bond acceptors (Lipinski definition) is 2. The van der Waals surface area contributed by atoms with Gasteiger partial charge in [-0.15, -0.1) is 0 Å². The first-order chi connectivity index (χ1) is 26.3. The molecule has 11 rings (SSSR count). The van der Waals surface area contributed by atoms with Crippen molar-refractivity contribution in [3.8, 4) is 67.3 Å². The topological polar surface area (TPSA) is 25.8 Å². The molecule has 8 aromatic rings. The molecular weight excluding hydrogens is 641 g/mol. The fraction of sp³-hybridized carbons (Fsp3) is 0.0588. The van der Waals surface area contributed by atoms with Gasteiger partial charge in [-0.1, -0.05) is 182 Å². The molecule has 0 bridgehead atoms. The first-order valence-electron chi connectivity index (χ1n) is 18.6. The van der Waals surface area contributed by atoms with Gasteiger partial charge in [0, 0.05) is 22.3 Å². The average molecular weight is 675 g/mol. The van der Waals surface area contributed by atoms with E-state index in [0.29, 0.717) is 0 Å². The second-order valence-corrected chi connectivity index (χ2v) is 14.3. The van der Waals surface area contributed by atoms with Crippen molar-refractivity contribution >= 4 is 6.08 Å². The summed E-state index contributed by atoms with van der Waals surface area (Å²) in [5.74, 6) is 0.744. The van der Waals surface area contributed by atoms with Crippen LogP contribution in [0.3, 0.4) is 0 Å². The van der Waals surface area contributed by atoms with Crippen LogP contribution in [0.4, 0.5) is 0 Å². The zero-order valence-corrected chi connectivity index (χ0v) is 29.1. The van der Waals surface area contributed by atoms with E-state index in [0.717, 1.165) is 35.6 Å². The highest BCUT2D eigenvalue weighted by atomic mass is 14.9. The summed E-state index contributed by atoms with van der Waals surface area (Å²) in [5.41, 5.74) is 19.9. The molecule has 0 saturated heterocycles. The van der Waals surface area contributed by atoms with E-state index in [-0.39, 0.29) is 0 Å². The Morgan fingerprint density at radius 3 is 1.49 bits per heavy atom. The van der Waals surface area contributed by atoms with E-state index < -0.39 is 5.41 Å². The van der Waals surface area contributed by atoms with Crippen molar-refractivity contribution < 1.29 is 0 Å². The number of aryl methyl sites for hydroxylation is 1. The lowest BCUT2D eigenvalue weighted by Crippen LogP contribution is -2.27. The summed E-state index contributed by atoms with van der Waals surface area (Å²) >= 11 is 0. The Bertz CT molecular complexity index is 2710. The Hall–Kier alpha value is -6.64. The van der Waals surface area contributed by atoms with Crippen molar-refractivity contribution in [2.24, 2.45) is 0 Å². The summed E-state index contributed by atoms with van der Waals surface area (Å²) in [7, 11) is 0. The number of nitrogens with zero attached hydrogens (tertiary/aromatic N) is 2. The molecule has 7 aromatic carbocycles. The van der Waals surface area contributed by atoms with Crippen LogP contribution in [0.1, 0.15) is 39.8 Å². The van der Waals surface area contributed by atoms with Crippen LogP contribution < -0.4 is 0 Å². The summed E-state index contributed by atoms with van der Waals surface area (Å²) in [6.45, 7) is 0. The van der Waals surface area contributed by atoms with Crippen LogP contribution in [0.15, 0.2) is 176 Å². The van der Waals surface area contributed by atoms with Crippen molar-refractivity contribution in [1.29, 1.82) is 0 Å². The minimum atomic E-state index is -0.538. The average Bonchev–Trinajstić information content (AvgIpc) is 3.71. The molecule has 0 amide bonds. The lowest BCUT2D eigenvalue weighted by atomic mass is 9.69. The molecule has 3 aliphatic rings. The van der Waals surface area contributed by atoms with Crippen molar-refractivity contribution in [2.45, 2.75) is 18.3 Å². The van der Waals surface area contributed by atoms with Crippen molar-refractivity contribution in [1.82, 2.24) is 9.97 Å². The Morgan fingerprint density at radius 2 is 0.868 bits per heavy atom. The van der Waals surface area contributed by atoms with Crippen molar-refractivity contribution in [3.05, 3.63) is 209 Å². The van der Waals surface area contributed by atoms with Gasteiger partial charge < -0.3 is 0 Å². The third kappa shape index (κ3) is 4.39. The van der Waals surface area contributed by atoms with Gasteiger partial charge in [0.2, 0.25) is 0 Å². The molecule has 2 nitrogen and oxygen atoms in total. The minimum Gasteiger partial charge on any atom is -0.228 e. The molecule has 3 aliphatic carbocycles. The smallest absolute Gasteiger partial charge is 0.160 e. The Kier molecular flexibility index (Phi) is 6.63. The normalized spacial score (nSPS) is 14.0. The maximum absolute atomic E-state index is 5.64. The van der Waals surface area contributed by atoms with Gasteiger partial charge in [0.15, 0.2) is 5.82 Å². The quantitative estimate of drug-likeness (QED) is 0.186. The second kappa shape index (κ2) is 11.7. The Labute approximate surface area is 309 Å². The summed E-state index contributed by atoms with van der Waals surface area (Å²) in [6.07, 6.45) is 6.71. The zero-order chi connectivity index (χ0) is 34.9. The molecule has 0 radical (unpaired) electrons. The van der Waals surface area contributed by atoms with Crippen LogP contribution in [-0.4, -0.2) is 9.97 Å². The molecule has 0 saturated carbocycles. The fourth-order valence-corrected chi connectivity index (χ4v) is 9.25. The molecule has 1 spiro atoms. The van der Waals surface area contributed by atoms with Gasteiger partial charge in [-0.3, -0.25) is 0 Å². The largest absolute Gasteiger partial charge is 0.228 e. The SMILES string of the molecule is C1=Cc2c(cccc2-c2nc(-c3ccc(-c4ccc(-c5ccccc5)cc4)cc3)nc3c2C2(c4ccccc4-c4ccccc42)c2ccccc2-3)CC1. The molecule has 0 N–H and O–H groups in total. The monoisotopic (exact) mass is 674 g/mol. The molecule has 1 aromatic heterocycles. The number of aromatic nitrogens is 2. The van der Waals surface area contributed by atoms with Gasteiger partial charge in [-0.2, -0.15) is 0 Å². The van der Waals surface area contributed by atoms with Gasteiger partial charge in [-0.25, -0.2) is 9.97 Å². The Balaban J connectivity index is 1.14. The summed E-state index contributed by atoms with van der Waals surface area (Å²) in [4.78, 5) is 11.2. The van der Waals surface area contributed by atoms with Crippen LogP contribution >= 0.6 is 0 Å². The maximum atomic E-state index is 5.64. The second-order valence-electron chi connectivity index (χ2n) is 14.3. The minimum absolute atomic E-state index is 0.538. The van der Waals surface area contributed by atoms with Crippen molar-refractivity contribution in [2.75, 3.05) is 0 Å². The lowest BCUT2D eigenvalue weighted by Gasteiger charge is -2.32. The molecular formula is C51H34N2. The van der Waals surface area contributed by atoms with Crippen LogP contribution in [0.25, 0.3) is 73.4 Å². The highest BCUT2D eigenvalue weighted by molar-refractivity contribution is 5.98. The van der Waals surface area contributed by atoms with E-state index >= 15 is 0 Å². The number of benzene rings is 7. The molecule has 0 aliphatic heterocycles. The van der Waals surface area contributed by atoms with E-state index in [4.69, 9.17) is 9.97 Å². The van der Waals surface area contributed by atoms with E-state index in [9.17, 15) is 0 Å². The predicted octanol–water partition coefficient (Wildman–Crippen LogP) is 12.4. The van der Waals surface area contributed by atoms with Crippen molar-refractivity contribution in [3.63, 3.8) is 0 Å². The first kappa shape index (κ1) is 30.0. The van der Waals surface area contributed by atoms with Gasteiger partial charge in [-0.05, 0) is 74.0 Å². The summed E-state index contributed by atoms with van der Waals surface area (Å²) < 4.78 is 0. The van der Waals surface area contributed by atoms with Crippen LogP contribution in [0.5, 0.6) is 0 Å². The van der Waals surface area contributed by atoms with Gasteiger partial charge >= 0.3 is 0 Å². The van der Waals surface area contributed by atoms with Crippen LogP contribution in [0, 0.1) is 0 Å². The van der Waals surface area contributed by atoms with E-state index in [1.54, 1.807) is 0 Å². The summed E-state index contributed by atoms with van der Waals surface area (Å²) in [6, 6.07) is 61.7. The maximum Gasteiger partial charge on any atom is 0.160 e. The van der Waals surface area contributed by atoms with Gasteiger partial charge in [0.25, 0.3) is 0 Å². The molecule has 53 heavy (non-hydrogen) atoms. The van der Waals surface area contributed by atoms with Gasteiger partial charge in [0.1, 0.15) is 0 Å². The molecule has 0 atom stereocenters. The molecule has 248 valence electrons. The first-order valence-corrected chi connectivity index (χ1v) is 18.6. The predicted molar refractivity (Wildman–Crippen MR) is 217 cm³/mol. The zero-order valence-electron chi connectivity index (χ0n) is 29.1. The standard InChI is InChI=1S/C51H34N2/c1-2-13-33(14-3-1)34-25-27-35(28-26-34)36-29-31-38(32-30-36)50-52-48(42-21-12-16-37-15-4-5-17-39(37)42)47-49(53-50)43-20-8-11-24-46(43)51(47)44-22-9-6-18-40(44)41-19-7-10-23-45(41)51/h1-3,5-14,16-32H,4,15H2. The fourth-order valence-electron chi connectivity index (χ4n) is 9.25. The third-order valence-corrected chi connectivity index (χ3v) is 11.6. The number of fused-ring (bicyclic) bond motifs is 11. The molecule has 2 heteroatoms. The van der Waals surface area contributed by atoms with Gasteiger partial charge in [0.05, 0.1) is 16.8 Å². The number of rotatable bonds is 4. The van der Waals surface area contributed by atoms with E-state index in [1.165, 1.54) is 77.9 Å². The highest BCUT2D eigenvalue weighted by Crippen LogP contribution is 2.64. The lowest BCUT2D eigenvalue weighted by molar-refractivity contribution is 0.788. The molecule has 1 heterocycles. The number of allylic oxidation sites excluding steroid dienone is 1. The van der Waals surface area contributed by atoms with Crippen LogP contribution in [0.2, 0.25) is 0 Å². The Morgan fingerprint density at radius 1 is 0.396 bits per heavy atom. The molecule has 0 fully saturated rings. The third-order valence-electron chi connectivity index (χ3n) is 11.6. The van der Waals surface area contributed by atoms with Crippen LogP contribution in [-0.2, 0) is 11.8 Å². The van der Waals surface area contributed by atoms with E-state index in [1.807, 2.05) is 0 Å². The molecule has 0 unspecified atom stereocenters. The summed E-state index contributed by atoms with van der Waals surface area (Å²) in [5, 5.41) is 0.